The van der Waals surface area contributed by atoms with Crippen LogP contribution in [0.25, 0.3) is 0 Å². The molecule has 0 amide bonds. The molecule has 1 aliphatic rings. The molecule has 0 aliphatic carbocycles. The highest BCUT2D eigenvalue weighted by molar-refractivity contribution is 5.55. The van der Waals surface area contributed by atoms with Gasteiger partial charge in [0.2, 0.25) is 0 Å². The Balaban J connectivity index is 2.29. The van der Waals surface area contributed by atoms with Gasteiger partial charge in [0.25, 0.3) is 0 Å². The molecule has 1 N–H and O–H groups in total. The van der Waals surface area contributed by atoms with E-state index in [1.54, 1.807) is 7.11 Å². The summed E-state index contributed by atoms with van der Waals surface area (Å²) in [6.45, 7) is 12.0. The third-order valence-electron chi connectivity index (χ3n) is 4.54. The van der Waals surface area contributed by atoms with E-state index in [0.29, 0.717) is 18.7 Å². The number of para-hydroxylation sites is 1. The predicted molar refractivity (Wildman–Crippen MR) is 89.8 cm³/mol. The minimum absolute atomic E-state index is 0.271. The molecule has 0 radical (unpaired) electrons. The Kier molecular flexibility index (Phi) is 5.28. The van der Waals surface area contributed by atoms with Crippen LogP contribution in [0.1, 0.15) is 39.7 Å². The summed E-state index contributed by atoms with van der Waals surface area (Å²) in [5, 5.41) is 3.74. The molecule has 1 aromatic rings. The molecule has 1 aromatic carbocycles. The third-order valence-corrected chi connectivity index (χ3v) is 4.54. The van der Waals surface area contributed by atoms with Gasteiger partial charge in [0.1, 0.15) is 0 Å². The average molecular weight is 290 g/mol. The van der Waals surface area contributed by atoms with E-state index < -0.39 is 0 Å². The Bertz CT molecular complexity index is 453. The monoisotopic (exact) mass is 290 g/mol. The number of nitrogens with one attached hydrogen (secondary N) is 1. The summed E-state index contributed by atoms with van der Waals surface area (Å²) in [5.41, 5.74) is 2.89. The molecule has 21 heavy (non-hydrogen) atoms. The van der Waals surface area contributed by atoms with Crippen LogP contribution in [0.2, 0.25) is 0 Å². The lowest BCUT2D eigenvalue weighted by Gasteiger charge is -2.46. The summed E-state index contributed by atoms with van der Waals surface area (Å²) in [6, 6.07) is 9.72. The Morgan fingerprint density at radius 1 is 1.29 bits per heavy atom. The van der Waals surface area contributed by atoms with Crippen molar-refractivity contribution in [3.05, 3.63) is 29.8 Å². The zero-order chi connectivity index (χ0) is 15.5. The molecular formula is C18H30N2O. The number of hydrogen-bond acceptors (Lipinski definition) is 3. The molecular weight excluding hydrogens is 260 g/mol. The number of rotatable bonds is 4. The predicted octanol–water partition coefficient (Wildman–Crippen LogP) is 3.44. The fraction of sp³-hybridized carbons (Fsp3) is 0.667. The lowest BCUT2D eigenvalue weighted by molar-refractivity contribution is 0.184. The standard InChI is InChI=1S/C18H30N2O/c1-6-15-11-19-17(18(2,3)4)12-20(15)16-10-8-7-9-14(16)13-21-5/h7-10,15,17,19H,6,11-13H2,1-5H3. The van der Waals surface area contributed by atoms with Gasteiger partial charge in [0.05, 0.1) is 6.61 Å². The molecule has 2 rings (SSSR count). The van der Waals surface area contributed by atoms with Crippen molar-refractivity contribution in [3.8, 4) is 0 Å². The van der Waals surface area contributed by atoms with E-state index in [1.807, 2.05) is 0 Å². The second kappa shape index (κ2) is 6.80. The van der Waals surface area contributed by atoms with Crippen molar-refractivity contribution in [1.82, 2.24) is 5.32 Å². The summed E-state index contributed by atoms with van der Waals surface area (Å²) in [5.74, 6) is 0. The highest BCUT2D eigenvalue weighted by Gasteiger charge is 2.34. The molecule has 3 heteroatoms. The fourth-order valence-electron chi connectivity index (χ4n) is 3.11. The van der Waals surface area contributed by atoms with E-state index in [-0.39, 0.29) is 5.41 Å². The van der Waals surface area contributed by atoms with Crippen LogP contribution >= 0.6 is 0 Å². The fourth-order valence-corrected chi connectivity index (χ4v) is 3.11. The minimum atomic E-state index is 0.271. The van der Waals surface area contributed by atoms with Crippen molar-refractivity contribution in [2.45, 2.75) is 52.8 Å². The quantitative estimate of drug-likeness (QED) is 0.919. The van der Waals surface area contributed by atoms with E-state index in [1.165, 1.54) is 11.3 Å². The number of hydrogen-bond donors (Lipinski definition) is 1. The minimum Gasteiger partial charge on any atom is -0.380 e. The van der Waals surface area contributed by atoms with E-state index in [2.05, 4.69) is 62.2 Å². The van der Waals surface area contributed by atoms with Gasteiger partial charge in [0.15, 0.2) is 0 Å². The van der Waals surface area contributed by atoms with Gasteiger partial charge in [-0.05, 0) is 17.9 Å². The molecule has 118 valence electrons. The second-order valence-corrected chi connectivity index (χ2v) is 7.10. The van der Waals surface area contributed by atoms with E-state index >= 15 is 0 Å². The summed E-state index contributed by atoms with van der Waals surface area (Å²) in [7, 11) is 1.77. The van der Waals surface area contributed by atoms with Gasteiger partial charge in [-0.2, -0.15) is 0 Å². The maximum absolute atomic E-state index is 5.38. The SMILES string of the molecule is CCC1CNC(C(C)(C)C)CN1c1ccccc1COC. The molecule has 0 aromatic heterocycles. The van der Waals surface area contributed by atoms with Crippen molar-refractivity contribution >= 4 is 5.69 Å². The Hall–Kier alpha value is -1.06. The van der Waals surface area contributed by atoms with E-state index in [0.717, 1.165) is 19.5 Å². The topological polar surface area (TPSA) is 24.5 Å². The second-order valence-electron chi connectivity index (χ2n) is 7.10. The molecule has 1 heterocycles. The molecule has 0 saturated carbocycles. The summed E-state index contributed by atoms with van der Waals surface area (Å²) in [6.07, 6.45) is 1.16. The molecule has 3 nitrogen and oxygen atoms in total. The summed E-state index contributed by atoms with van der Waals surface area (Å²) >= 11 is 0. The smallest absolute Gasteiger partial charge is 0.0733 e. The largest absolute Gasteiger partial charge is 0.380 e. The van der Waals surface area contributed by atoms with Crippen LogP contribution in [-0.4, -0.2) is 32.3 Å². The number of piperazine rings is 1. The van der Waals surface area contributed by atoms with Crippen LogP contribution in [0, 0.1) is 5.41 Å². The molecule has 0 bridgehead atoms. The molecule has 0 spiro atoms. The van der Waals surface area contributed by atoms with Crippen LogP contribution in [0.3, 0.4) is 0 Å². The zero-order valence-corrected chi connectivity index (χ0v) is 14.1. The van der Waals surface area contributed by atoms with Gasteiger partial charge < -0.3 is 15.0 Å². The first-order chi connectivity index (χ1) is 9.97. The van der Waals surface area contributed by atoms with Gasteiger partial charge in [-0.1, -0.05) is 45.9 Å². The van der Waals surface area contributed by atoms with Gasteiger partial charge in [-0.3, -0.25) is 0 Å². The Labute approximate surface area is 129 Å². The lowest BCUT2D eigenvalue weighted by atomic mass is 9.84. The molecule has 2 unspecified atom stereocenters. The molecule has 2 atom stereocenters. The molecule has 1 saturated heterocycles. The van der Waals surface area contributed by atoms with Crippen LogP contribution in [0.4, 0.5) is 5.69 Å². The van der Waals surface area contributed by atoms with Gasteiger partial charge in [0, 0.05) is 43.5 Å². The number of anilines is 1. The molecule has 1 fully saturated rings. The third kappa shape index (κ3) is 3.78. The highest BCUT2D eigenvalue weighted by Crippen LogP contribution is 2.30. The number of nitrogens with zero attached hydrogens (tertiary/aromatic N) is 1. The maximum atomic E-state index is 5.38. The number of benzene rings is 1. The Morgan fingerprint density at radius 2 is 2.00 bits per heavy atom. The normalized spacial score (nSPS) is 23.4. The summed E-state index contributed by atoms with van der Waals surface area (Å²) < 4.78 is 5.38. The van der Waals surface area contributed by atoms with Crippen molar-refractivity contribution in [2.75, 3.05) is 25.1 Å². The van der Waals surface area contributed by atoms with Gasteiger partial charge in [-0.15, -0.1) is 0 Å². The van der Waals surface area contributed by atoms with Crippen LogP contribution in [0.5, 0.6) is 0 Å². The highest BCUT2D eigenvalue weighted by atomic mass is 16.5. The summed E-state index contributed by atoms with van der Waals surface area (Å²) in [4.78, 5) is 2.58. The van der Waals surface area contributed by atoms with Gasteiger partial charge in [-0.25, -0.2) is 0 Å². The number of ether oxygens (including phenoxy) is 1. The zero-order valence-electron chi connectivity index (χ0n) is 14.1. The van der Waals surface area contributed by atoms with E-state index in [9.17, 15) is 0 Å². The van der Waals surface area contributed by atoms with Crippen LogP contribution in [-0.2, 0) is 11.3 Å². The van der Waals surface area contributed by atoms with Crippen molar-refractivity contribution in [3.63, 3.8) is 0 Å². The first-order valence-electron chi connectivity index (χ1n) is 8.04. The van der Waals surface area contributed by atoms with Crippen molar-refractivity contribution in [1.29, 1.82) is 0 Å². The average Bonchev–Trinajstić information content (AvgIpc) is 2.46. The first-order valence-corrected chi connectivity index (χ1v) is 8.04. The number of methoxy groups -OCH3 is 1. The van der Waals surface area contributed by atoms with Crippen molar-refractivity contribution < 1.29 is 4.74 Å². The lowest BCUT2D eigenvalue weighted by Crippen LogP contribution is -2.60. The Morgan fingerprint density at radius 3 is 2.62 bits per heavy atom. The molecule has 1 aliphatic heterocycles. The van der Waals surface area contributed by atoms with Gasteiger partial charge >= 0.3 is 0 Å². The first kappa shape index (κ1) is 16.3. The van der Waals surface area contributed by atoms with E-state index in [4.69, 9.17) is 4.74 Å². The van der Waals surface area contributed by atoms with Crippen LogP contribution < -0.4 is 10.2 Å². The van der Waals surface area contributed by atoms with Crippen LogP contribution in [0.15, 0.2) is 24.3 Å². The maximum Gasteiger partial charge on any atom is 0.0733 e. The van der Waals surface area contributed by atoms with Crippen molar-refractivity contribution in [2.24, 2.45) is 5.41 Å².